The normalized spacial score (nSPS) is 18.4. The molecule has 3 heterocycles. The first kappa shape index (κ1) is 24.0. The number of benzene rings is 2. The van der Waals surface area contributed by atoms with Gasteiger partial charge in [0.2, 0.25) is 0 Å². The summed E-state index contributed by atoms with van der Waals surface area (Å²) in [4.78, 5) is 21.2. The van der Waals surface area contributed by atoms with Gasteiger partial charge in [0.25, 0.3) is 5.91 Å². The first-order chi connectivity index (χ1) is 17.5. The van der Waals surface area contributed by atoms with E-state index in [2.05, 4.69) is 32.2 Å². The molecule has 8 heteroatoms. The number of amides is 1. The maximum atomic E-state index is 13.7. The molecule has 1 N–H and O–H groups in total. The fourth-order valence-electron chi connectivity index (χ4n) is 5.40. The third-order valence-corrected chi connectivity index (χ3v) is 7.54. The van der Waals surface area contributed by atoms with E-state index in [4.69, 9.17) is 10.00 Å². The van der Waals surface area contributed by atoms with Gasteiger partial charge in [-0.2, -0.15) is 5.26 Å². The number of nitriles is 1. The van der Waals surface area contributed by atoms with Crippen molar-refractivity contribution in [2.24, 2.45) is 0 Å². The zero-order valence-electron chi connectivity index (χ0n) is 21.1. The number of piperidine rings is 1. The second-order valence-electron chi connectivity index (χ2n) is 9.84. The number of rotatable bonds is 5. The van der Waals surface area contributed by atoms with Gasteiger partial charge in [-0.1, -0.05) is 12.1 Å². The molecule has 0 saturated carbocycles. The Morgan fingerprint density at radius 3 is 2.44 bits per heavy atom. The maximum absolute atomic E-state index is 13.7. The minimum Gasteiger partial charge on any atom is -0.380 e. The monoisotopic (exact) mass is 484 g/mol. The molecular weight excluding hydrogens is 452 g/mol. The van der Waals surface area contributed by atoms with E-state index in [1.165, 1.54) is 5.56 Å². The lowest BCUT2D eigenvalue weighted by Gasteiger charge is -2.33. The van der Waals surface area contributed by atoms with Gasteiger partial charge in [0.15, 0.2) is 5.82 Å². The van der Waals surface area contributed by atoms with Crippen molar-refractivity contribution in [3.63, 3.8) is 0 Å². The van der Waals surface area contributed by atoms with Crippen LogP contribution in [0.2, 0.25) is 0 Å². The molecule has 3 aromatic rings. The van der Waals surface area contributed by atoms with E-state index < -0.39 is 0 Å². The summed E-state index contributed by atoms with van der Waals surface area (Å²) in [6, 6.07) is 14.1. The standard InChI is InChI=1S/C28H32N6O2/c1-18-14-26(34-13-10-23(17-34)36-3)25(27-30-19(2)31-32-27)15-24(18)28(35)33-11-8-22(9-12-33)21-6-4-20(16-29)5-7-21/h4-7,14-15,22-23H,8-13,17H2,1-3H3,(H,30,31,32). The zero-order chi connectivity index (χ0) is 25.2. The van der Waals surface area contributed by atoms with Gasteiger partial charge in [-0.3, -0.25) is 4.79 Å². The fourth-order valence-corrected chi connectivity index (χ4v) is 5.40. The average Bonchev–Trinajstić information content (AvgIpc) is 3.57. The predicted molar refractivity (Wildman–Crippen MR) is 138 cm³/mol. The van der Waals surface area contributed by atoms with Crippen molar-refractivity contribution in [3.05, 3.63) is 64.5 Å². The number of carbonyl (C=O) groups excluding carboxylic acids is 1. The Kier molecular flexibility index (Phi) is 6.75. The molecule has 1 aromatic heterocycles. The van der Waals surface area contributed by atoms with Crippen LogP contribution in [0.3, 0.4) is 0 Å². The number of aromatic nitrogens is 3. The SMILES string of the molecule is COC1CCN(c2cc(C)c(C(=O)N3CCC(c4ccc(C#N)cc4)CC3)cc2-c2nnc(C)[nH]2)C1. The van der Waals surface area contributed by atoms with E-state index in [0.717, 1.165) is 55.0 Å². The van der Waals surface area contributed by atoms with Gasteiger partial charge in [-0.15, -0.1) is 10.2 Å². The number of likely N-dealkylation sites (tertiary alicyclic amines) is 1. The number of anilines is 1. The molecule has 1 atom stereocenters. The molecule has 8 nitrogen and oxygen atoms in total. The number of carbonyl (C=O) groups is 1. The molecule has 2 saturated heterocycles. The summed E-state index contributed by atoms with van der Waals surface area (Å²) in [5, 5.41) is 17.6. The average molecular weight is 485 g/mol. The molecule has 0 spiro atoms. The Balaban J connectivity index is 1.38. The number of nitrogens with zero attached hydrogens (tertiary/aromatic N) is 5. The number of nitrogens with one attached hydrogen (secondary N) is 1. The third-order valence-electron chi connectivity index (χ3n) is 7.54. The highest BCUT2D eigenvalue weighted by molar-refractivity contribution is 5.98. The Hall–Kier alpha value is -3.70. The highest BCUT2D eigenvalue weighted by Gasteiger charge is 2.29. The molecule has 5 rings (SSSR count). The minimum atomic E-state index is 0.0611. The Morgan fingerprint density at radius 1 is 1.08 bits per heavy atom. The van der Waals surface area contributed by atoms with E-state index in [-0.39, 0.29) is 12.0 Å². The van der Waals surface area contributed by atoms with Crippen LogP contribution in [0.1, 0.15) is 58.1 Å². The molecule has 1 amide bonds. The van der Waals surface area contributed by atoms with Gasteiger partial charge in [0, 0.05) is 50.1 Å². The summed E-state index contributed by atoms with van der Waals surface area (Å²) in [5.74, 6) is 1.88. The van der Waals surface area contributed by atoms with Gasteiger partial charge < -0.3 is 19.5 Å². The number of ether oxygens (including phenoxy) is 1. The summed E-state index contributed by atoms with van der Waals surface area (Å²) in [7, 11) is 1.76. The van der Waals surface area contributed by atoms with Crippen molar-refractivity contribution in [3.8, 4) is 17.5 Å². The Bertz CT molecular complexity index is 1280. The number of methoxy groups -OCH3 is 1. The Labute approximate surface area is 211 Å². The minimum absolute atomic E-state index is 0.0611. The van der Waals surface area contributed by atoms with Gasteiger partial charge in [0.1, 0.15) is 5.82 Å². The molecule has 0 bridgehead atoms. The molecule has 2 aliphatic heterocycles. The number of hydrogen-bond acceptors (Lipinski definition) is 6. The summed E-state index contributed by atoms with van der Waals surface area (Å²) in [6.07, 6.45) is 3.00. The van der Waals surface area contributed by atoms with Crippen LogP contribution in [-0.4, -0.2) is 65.4 Å². The highest BCUT2D eigenvalue weighted by Crippen LogP contribution is 2.36. The third kappa shape index (κ3) is 4.71. The maximum Gasteiger partial charge on any atom is 0.254 e. The molecule has 2 fully saturated rings. The lowest BCUT2D eigenvalue weighted by Crippen LogP contribution is -2.38. The molecule has 0 aliphatic carbocycles. The van der Waals surface area contributed by atoms with Gasteiger partial charge in [0.05, 0.1) is 17.7 Å². The number of hydrogen-bond donors (Lipinski definition) is 1. The van der Waals surface area contributed by atoms with Crippen molar-refractivity contribution >= 4 is 11.6 Å². The van der Waals surface area contributed by atoms with E-state index in [1.54, 1.807) is 7.11 Å². The van der Waals surface area contributed by atoms with Crippen LogP contribution >= 0.6 is 0 Å². The smallest absolute Gasteiger partial charge is 0.254 e. The number of aryl methyl sites for hydroxylation is 2. The van der Waals surface area contributed by atoms with Crippen LogP contribution in [0.5, 0.6) is 0 Å². The van der Waals surface area contributed by atoms with E-state index >= 15 is 0 Å². The quantitative estimate of drug-likeness (QED) is 0.583. The molecule has 186 valence electrons. The molecule has 36 heavy (non-hydrogen) atoms. The summed E-state index contributed by atoms with van der Waals surface area (Å²) >= 11 is 0. The molecule has 2 aromatic carbocycles. The van der Waals surface area contributed by atoms with Crippen LogP contribution in [-0.2, 0) is 4.74 Å². The second-order valence-corrected chi connectivity index (χ2v) is 9.84. The van der Waals surface area contributed by atoms with Crippen LogP contribution in [0.25, 0.3) is 11.4 Å². The lowest BCUT2D eigenvalue weighted by atomic mass is 9.88. The predicted octanol–water partition coefficient (Wildman–Crippen LogP) is 4.21. The van der Waals surface area contributed by atoms with Crippen molar-refractivity contribution < 1.29 is 9.53 Å². The zero-order valence-corrected chi connectivity index (χ0v) is 21.1. The van der Waals surface area contributed by atoms with E-state index in [1.807, 2.05) is 49.1 Å². The van der Waals surface area contributed by atoms with E-state index in [9.17, 15) is 4.79 Å². The van der Waals surface area contributed by atoms with Crippen LogP contribution in [0, 0.1) is 25.2 Å². The summed E-state index contributed by atoms with van der Waals surface area (Å²) in [6.45, 7) is 7.03. The van der Waals surface area contributed by atoms with Crippen LogP contribution < -0.4 is 4.90 Å². The molecule has 0 radical (unpaired) electrons. The first-order valence-corrected chi connectivity index (χ1v) is 12.6. The van der Waals surface area contributed by atoms with E-state index in [0.29, 0.717) is 36.0 Å². The van der Waals surface area contributed by atoms with Crippen molar-refractivity contribution in [2.45, 2.75) is 45.1 Å². The topological polar surface area (TPSA) is 98.1 Å². The summed E-state index contributed by atoms with van der Waals surface area (Å²) in [5.41, 5.74) is 5.54. The second kappa shape index (κ2) is 10.1. The largest absolute Gasteiger partial charge is 0.380 e. The fraction of sp³-hybridized carbons (Fsp3) is 0.429. The molecule has 2 aliphatic rings. The van der Waals surface area contributed by atoms with Crippen molar-refractivity contribution in [1.82, 2.24) is 20.1 Å². The van der Waals surface area contributed by atoms with Gasteiger partial charge >= 0.3 is 0 Å². The van der Waals surface area contributed by atoms with Crippen molar-refractivity contribution in [2.75, 3.05) is 38.2 Å². The lowest BCUT2D eigenvalue weighted by molar-refractivity contribution is 0.0712. The molecule has 1 unspecified atom stereocenters. The number of H-pyrrole nitrogens is 1. The Morgan fingerprint density at radius 2 is 1.83 bits per heavy atom. The summed E-state index contributed by atoms with van der Waals surface area (Å²) < 4.78 is 5.58. The van der Waals surface area contributed by atoms with Crippen LogP contribution in [0.15, 0.2) is 36.4 Å². The first-order valence-electron chi connectivity index (χ1n) is 12.6. The number of aromatic amines is 1. The molecular formula is C28H32N6O2. The van der Waals surface area contributed by atoms with Crippen molar-refractivity contribution in [1.29, 1.82) is 5.26 Å². The van der Waals surface area contributed by atoms with Gasteiger partial charge in [-0.25, -0.2) is 0 Å². The van der Waals surface area contributed by atoms with Gasteiger partial charge in [-0.05, 0) is 74.4 Å². The highest BCUT2D eigenvalue weighted by atomic mass is 16.5. The van der Waals surface area contributed by atoms with Crippen LogP contribution in [0.4, 0.5) is 5.69 Å².